The van der Waals surface area contributed by atoms with Crippen LogP contribution in [0.2, 0.25) is 0 Å². The van der Waals surface area contributed by atoms with E-state index in [1.54, 1.807) is 0 Å². The fourth-order valence-corrected chi connectivity index (χ4v) is 1.70. The zero-order chi connectivity index (χ0) is 13.2. The second kappa shape index (κ2) is 4.37. The maximum atomic E-state index is 11.9. The molecule has 3 aromatic rings. The second-order valence-corrected chi connectivity index (χ2v) is 3.87. The Morgan fingerprint density at radius 1 is 1.26 bits per heavy atom. The van der Waals surface area contributed by atoms with E-state index in [1.807, 2.05) is 24.3 Å². The number of benzene rings is 1. The molecule has 0 unspecified atom stereocenters. The molecule has 7 heteroatoms. The van der Waals surface area contributed by atoms with Gasteiger partial charge in [-0.1, -0.05) is 12.1 Å². The number of carbonyl (C=O) groups is 1. The molecule has 94 valence electrons. The Morgan fingerprint density at radius 3 is 2.89 bits per heavy atom. The summed E-state index contributed by atoms with van der Waals surface area (Å²) in [7, 11) is 0. The van der Waals surface area contributed by atoms with Crippen LogP contribution in [-0.2, 0) is 0 Å². The molecular weight excluding hydrogens is 246 g/mol. The molecule has 0 radical (unpaired) electrons. The number of amides is 1. The Kier molecular flexibility index (Phi) is 2.57. The zero-order valence-corrected chi connectivity index (χ0v) is 9.68. The van der Waals surface area contributed by atoms with Crippen molar-refractivity contribution >= 4 is 22.6 Å². The van der Waals surface area contributed by atoms with Crippen LogP contribution in [0, 0.1) is 0 Å². The summed E-state index contributed by atoms with van der Waals surface area (Å²) in [5, 5.41) is 10.3. The molecule has 0 saturated heterocycles. The van der Waals surface area contributed by atoms with E-state index in [0.29, 0.717) is 5.82 Å². The molecule has 0 aliphatic rings. The predicted molar refractivity (Wildman–Crippen MR) is 68.9 cm³/mol. The molecule has 0 atom stereocenters. The third-order valence-corrected chi connectivity index (χ3v) is 2.61. The van der Waals surface area contributed by atoms with Crippen LogP contribution >= 0.6 is 0 Å². The molecule has 19 heavy (non-hydrogen) atoms. The van der Waals surface area contributed by atoms with E-state index < -0.39 is 5.91 Å². The predicted octanol–water partition coefficient (Wildman–Crippen LogP) is 0.898. The third-order valence-electron chi connectivity index (χ3n) is 2.61. The highest BCUT2D eigenvalue weighted by molar-refractivity contribution is 6.06. The van der Waals surface area contributed by atoms with Gasteiger partial charge in [0.15, 0.2) is 5.82 Å². The van der Waals surface area contributed by atoms with Gasteiger partial charge in [-0.15, -0.1) is 0 Å². The van der Waals surface area contributed by atoms with Gasteiger partial charge in [-0.3, -0.25) is 14.7 Å². The molecular formula is C12H9N5O2. The van der Waals surface area contributed by atoms with Crippen molar-refractivity contribution in [3.63, 3.8) is 0 Å². The Balaban J connectivity index is 1.90. The van der Waals surface area contributed by atoms with Gasteiger partial charge in [0.1, 0.15) is 5.69 Å². The maximum Gasteiger partial charge on any atom is 0.276 e. The number of aromatic nitrogens is 4. The van der Waals surface area contributed by atoms with Gasteiger partial charge in [0, 0.05) is 11.6 Å². The van der Waals surface area contributed by atoms with Crippen molar-refractivity contribution < 1.29 is 4.79 Å². The number of nitrogens with zero attached hydrogens (tertiary/aromatic N) is 2. The monoisotopic (exact) mass is 255 g/mol. The van der Waals surface area contributed by atoms with Gasteiger partial charge < -0.3 is 10.3 Å². The average Bonchev–Trinajstić information content (AvgIpc) is 2.83. The molecule has 0 aliphatic carbocycles. The summed E-state index contributed by atoms with van der Waals surface area (Å²) >= 11 is 0. The Bertz CT molecular complexity index is 784. The molecule has 1 amide bonds. The van der Waals surface area contributed by atoms with Crippen LogP contribution in [0.1, 0.15) is 10.5 Å². The summed E-state index contributed by atoms with van der Waals surface area (Å²) in [5.74, 6) is -0.0119. The van der Waals surface area contributed by atoms with Crippen molar-refractivity contribution in [2.24, 2.45) is 0 Å². The molecule has 2 heterocycles. The summed E-state index contributed by atoms with van der Waals surface area (Å²) in [6, 6.07) is 7.42. The second-order valence-electron chi connectivity index (χ2n) is 3.87. The van der Waals surface area contributed by atoms with Gasteiger partial charge in [-0.2, -0.15) is 5.10 Å². The summed E-state index contributed by atoms with van der Waals surface area (Å²) in [5.41, 5.74) is 0.584. The molecule has 0 fully saturated rings. The van der Waals surface area contributed by atoms with Gasteiger partial charge in [0.2, 0.25) is 0 Å². The molecule has 0 aliphatic heterocycles. The molecule has 0 spiro atoms. The zero-order valence-electron chi connectivity index (χ0n) is 9.68. The van der Waals surface area contributed by atoms with E-state index in [-0.39, 0.29) is 11.3 Å². The van der Waals surface area contributed by atoms with Gasteiger partial charge >= 0.3 is 0 Å². The number of anilines is 1. The molecule has 1 aromatic carbocycles. The number of fused-ring (bicyclic) bond motifs is 1. The smallest absolute Gasteiger partial charge is 0.276 e. The first-order valence-corrected chi connectivity index (χ1v) is 5.53. The quantitative estimate of drug-likeness (QED) is 0.632. The van der Waals surface area contributed by atoms with Crippen LogP contribution in [0.3, 0.4) is 0 Å². The number of aromatic amines is 2. The highest BCUT2D eigenvalue weighted by Gasteiger charge is 2.11. The summed E-state index contributed by atoms with van der Waals surface area (Å²) in [6.07, 6.45) is 2.31. The molecule has 7 nitrogen and oxygen atoms in total. The number of hydrogen-bond donors (Lipinski definition) is 3. The average molecular weight is 255 g/mol. The van der Waals surface area contributed by atoms with Crippen LogP contribution in [0.4, 0.5) is 5.82 Å². The summed E-state index contributed by atoms with van der Waals surface area (Å²) < 4.78 is 0. The van der Waals surface area contributed by atoms with E-state index in [9.17, 15) is 9.59 Å². The molecule has 3 rings (SSSR count). The minimum absolute atomic E-state index is 0.117. The highest BCUT2D eigenvalue weighted by atomic mass is 16.2. The van der Waals surface area contributed by atoms with E-state index >= 15 is 0 Å². The van der Waals surface area contributed by atoms with Crippen molar-refractivity contribution in [1.82, 2.24) is 20.2 Å². The van der Waals surface area contributed by atoms with Crippen LogP contribution in [0.5, 0.6) is 0 Å². The van der Waals surface area contributed by atoms with E-state index in [0.717, 1.165) is 17.1 Å². The molecule has 0 bridgehead atoms. The Hall–Kier alpha value is -2.96. The number of rotatable bonds is 2. The van der Waals surface area contributed by atoms with Gasteiger partial charge in [-0.25, -0.2) is 4.98 Å². The first-order chi connectivity index (χ1) is 9.24. The third kappa shape index (κ3) is 2.08. The largest absolute Gasteiger partial charge is 0.325 e. The molecule has 3 N–H and O–H groups in total. The number of H-pyrrole nitrogens is 2. The SMILES string of the molecule is O=C(Nc1n[nH]c2ccccc12)c1c[nH]c(=O)cn1. The number of carbonyl (C=O) groups excluding carboxylic acids is 1. The first kappa shape index (κ1) is 11.1. The minimum Gasteiger partial charge on any atom is -0.325 e. The van der Waals surface area contributed by atoms with Crippen molar-refractivity contribution in [2.75, 3.05) is 5.32 Å². The van der Waals surface area contributed by atoms with Gasteiger partial charge in [0.25, 0.3) is 11.5 Å². The summed E-state index contributed by atoms with van der Waals surface area (Å²) in [6.45, 7) is 0. The first-order valence-electron chi connectivity index (χ1n) is 5.53. The lowest BCUT2D eigenvalue weighted by atomic mass is 10.2. The van der Waals surface area contributed by atoms with E-state index in [1.165, 1.54) is 6.20 Å². The fraction of sp³-hybridized carbons (Fsp3) is 0. The van der Waals surface area contributed by atoms with Crippen LogP contribution in [0.15, 0.2) is 41.5 Å². The van der Waals surface area contributed by atoms with Crippen LogP contribution < -0.4 is 10.9 Å². The Morgan fingerprint density at radius 2 is 2.11 bits per heavy atom. The van der Waals surface area contributed by atoms with Crippen molar-refractivity contribution in [3.05, 3.63) is 52.7 Å². The van der Waals surface area contributed by atoms with E-state index in [4.69, 9.17) is 0 Å². The van der Waals surface area contributed by atoms with Crippen molar-refractivity contribution in [3.8, 4) is 0 Å². The molecule has 0 saturated carbocycles. The lowest BCUT2D eigenvalue weighted by Gasteiger charge is -2.00. The van der Waals surface area contributed by atoms with Crippen LogP contribution in [-0.4, -0.2) is 26.1 Å². The molecule has 2 aromatic heterocycles. The number of hydrogen-bond acceptors (Lipinski definition) is 4. The van der Waals surface area contributed by atoms with Crippen molar-refractivity contribution in [1.29, 1.82) is 0 Å². The topological polar surface area (TPSA) is 104 Å². The lowest BCUT2D eigenvalue weighted by molar-refractivity contribution is 0.102. The van der Waals surface area contributed by atoms with Gasteiger partial charge in [-0.05, 0) is 12.1 Å². The van der Waals surface area contributed by atoms with Crippen molar-refractivity contribution in [2.45, 2.75) is 0 Å². The summed E-state index contributed by atoms with van der Waals surface area (Å²) in [4.78, 5) is 28.9. The Labute approximate surface area is 106 Å². The maximum absolute atomic E-state index is 11.9. The fourth-order valence-electron chi connectivity index (χ4n) is 1.70. The highest BCUT2D eigenvalue weighted by Crippen LogP contribution is 2.19. The normalized spacial score (nSPS) is 10.5. The van der Waals surface area contributed by atoms with Gasteiger partial charge in [0.05, 0.1) is 11.7 Å². The number of para-hydroxylation sites is 1. The lowest BCUT2D eigenvalue weighted by Crippen LogP contribution is -2.17. The standard InChI is InChI=1S/C12H9N5O2/c18-10-6-13-9(5-14-10)12(19)15-11-7-3-1-2-4-8(7)16-17-11/h1-6H,(H,14,18)(H2,15,16,17,19). The van der Waals surface area contributed by atoms with E-state index in [2.05, 4.69) is 25.5 Å². The number of nitrogens with one attached hydrogen (secondary N) is 3. The minimum atomic E-state index is -0.437. The van der Waals surface area contributed by atoms with Crippen LogP contribution in [0.25, 0.3) is 10.9 Å².